The highest BCUT2D eigenvalue weighted by atomic mass is 35.5. The van der Waals surface area contributed by atoms with Gasteiger partial charge in [0.1, 0.15) is 0 Å². The summed E-state index contributed by atoms with van der Waals surface area (Å²) in [7, 11) is 0. The molecule has 3 N–H and O–H groups in total. The lowest BCUT2D eigenvalue weighted by molar-refractivity contribution is 0.0892. The van der Waals surface area contributed by atoms with Crippen LogP contribution in [-0.4, -0.2) is 43.0 Å². The topological polar surface area (TPSA) is 58.4 Å². The van der Waals surface area contributed by atoms with Crippen molar-refractivity contribution >= 4 is 41.5 Å². The molecule has 7 heteroatoms. The maximum absolute atomic E-state index is 12.8. The lowest BCUT2D eigenvalue weighted by Crippen LogP contribution is -2.48. The molecule has 1 aliphatic rings. The third-order valence-corrected chi connectivity index (χ3v) is 7.50. The van der Waals surface area contributed by atoms with Crippen LogP contribution >= 0.6 is 35.6 Å². The van der Waals surface area contributed by atoms with E-state index in [9.17, 15) is 4.79 Å². The predicted octanol–water partition coefficient (Wildman–Crippen LogP) is 6.02. The SMILES string of the molecule is CC(C)[C@@H](CN1CCC(CCc2ccc(Cl)c(Cl)c2)CC1)NC(=O)c1ccc(CCN)cc1.Cl. The van der Waals surface area contributed by atoms with Crippen molar-refractivity contribution in [2.45, 2.75) is 52.0 Å². The van der Waals surface area contributed by atoms with Crippen molar-refractivity contribution in [3.63, 3.8) is 0 Å². The zero-order chi connectivity index (χ0) is 23.8. The summed E-state index contributed by atoms with van der Waals surface area (Å²) in [4.78, 5) is 15.3. The van der Waals surface area contributed by atoms with Crippen LogP contribution in [0.3, 0.4) is 0 Å². The van der Waals surface area contributed by atoms with Gasteiger partial charge in [0.15, 0.2) is 0 Å². The Hall–Kier alpha value is -1.30. The normalized spacial score (nSPS) is 15.7. The van der Waals surface area contributed by atoms with Gasteiger partial charge in [-0.1, -0.05) is 55.2 Å². The lowest BCUT2D eigenvalue weighted by atomic mass is 9.90. The second kappa shape index (κ2) is 14.3. The minimum absolute atomic E-state index is 0. The first-order valence-electron chi connectivity index (χ1n) is 12.1. The van der Waals surface area contributed by atoms with Crippen molar-refractivity contribution < 1.29 is 4.79 Å². The first-order chi connectivity index (χ1) is 15.9. The van der Waals surface area contributed by atoms with Gasteiger partial charge < -0.3 is 16.0 Å². The molecule has 0 unspecified atom stereocenters. The van der Waals surface area contributed by atoms with E-state index in [-0.39, 0.29) is 24.4 Å². The lowest BCUT2D eigenvalue weighted by Gasteiger charge is -2.35. The molecule has 0 aliphatic carbocycles. The quantitative estimate of drug-likeness (QED) is 0.398. The molecule has 0 aromatic heterocycles. The Kier molecular flexibility index (Phi) is 12.2. The van der Waals surface area contributed by atoms with Gasteiger partial charge in [0.25, 0.3) is 5.91 Å². The van der Waals surface area contributed by atoms with Crippen molar-refractivity contribution in [1.29, 1.82) is 0 Å². The van der Waals surface area contributed by atoms with Gasteiger partial charge in [0, 0.05) is 18.2 Å². The van der Waals surface area contributed by atoms with E-state index in [1.54, 1.807) is 0 Å². The van der Waals surface area contributed by atoms with E-state index in [4.69, 9.17) is 28.9 Å². The van der Waals surface area contributed by atoms with Gasteiger partial charge in [-0.05, 0) is 99.0 Å². The summed E-state index contributed by atoms with van der Waals surface area (Å²) in [6, 6.07) is 13.9. The Morgan fingerprint density at radius 3 is 2.26 bits per heavy atom. The van der Waals surface area contributed by atoms with Crippen molar-refractivity contribution in [3.8, 4) is 0 Å². The highest BCUT2D eigenvalue weighted by molar-refractivity contribution is 6.42. The Balaban J connectivity index is 0.00000408. The van der Waals surface area contributed by atoms with Crippen LogP contribution < -0.4 is 11.1 Å². The molecular weight excluding hydrogens is 489 g/mol. The average Bonchev–Trinajstić information content (AvgIpc) is 2.81. The zero-order valence-electron chi connectivity index (χ0n) is 20.2. The Labute approximate surface area is 221 Å². The molecule has 2 aromatic rings. The monoisotopic (exact) mass is 525 g/mol. The van der Waals surface area contributed by atoms with Crippen molar-refractivity contribution in [1.82, 2.24) is 10.2 Å². The van der Waals surface area contributed by atoms with E-state index >= 15 is 0 Å². The third kappa shape index (κ3) is 8.73. The highest BCUT2D eigenvalue weighted by Crippen LogP contribution is 2.26. The number of carbonyl (C=O) groups is 1. The fourth-order valence-electron chi connectivity index (χ4n) is 4.47. The van der Waals surface area contributed by atoms with E-state index in [0.717, 1.165) is 44.0 Å². The zero-order valence-corrected chi connectivity index (χ0v) is 22.6. The maximum Gasteiger partial charge on any atom is 0.251 e. The molecule has 0 saturated carbocycles. The number of carbonyl (C=O) groups excluding carboxylic acids is 1. The van der Waals surface area contributed by atoms with E-state index in [0.29, 0.717) is 28.1 Å². The van der Waals surface area contributed by atoms with Crippen LogP contribution in [0.1, 0.15) is 54.6 Å². The van der Waals surface area contributed by atoms with Gasteiger partial charge in [-0.25, -0.2) is 0 Å². The second-order valence-corrected chi connectivity index (χ2v) is 10.4. The summed E-state index contributed by atoms with van der Waals surface area (Å²) in [5, 5.41) is 4.52. The number of nitrogens with zero attached hydrogens (tertiary/aromatic N) is 1. The smallest absolute Gasteiger partial charge is 0.251 e. The third-order valence-electron chi connectivity index (χ3n) is 6.76. The van der Waals surface area contributed by atoms with Crippen LogP contribution in [-0.2, 0) is 12.8 Å². The van der Waals surface area contributed by atoms with Crippen molar-refractivity contribution in [3.05, 3.63) is 69.2 Å². The molecule has 34 heavy (non-hydrogen) atoms. The van der Waals surface area contributed by atoms with Gasteiger partial charge in [0.2, 0.25) is 0 Å². The minimum Gasteiger partial charge on any atom is -0.348 e. The van der Waals surface area contributed by atoms with Crippen LogP contribution in [0.2, 0.25) is 10.0 Å². The molecule has 3 rings (SSSR count). The number of rotatable bonds is 10. The van der Waals surface area contributed by atoms with Gasteiger partial charge in [0.05, 0.1) is 10.0 Å². The number of amides is 1. The number of hydrogen-bond acceptors (Lipinski definition) is 3. The summed E-state index contributed by atoms with van der Waals surface area (Å²) >= 11 is 12.2. The van der Waals surface area contributed by atoms with Crippen LogP contribution in [0.4, 0.5) is 0 Å². The van der Waals surface area contributed by atoms with Gasteiger partial charge in [-0.3, -0.25) is 4.79 Å². The average molecular weight is 527 g/mol. The number of nitrogens with one attached hydrogen (secondary N) is 1. The Morgan fingerprint density at radius 1 is 1.03 bits per heavy atom. The van der Waals surface area contributed by atoms with Crippen LogP contribution in [0.25, 0.3) is 0 Å². The first-order valence-corrected chi connectivity index (χ1v) is 12.9. The number of halogens is 3. The van der Waals surface area contributed by atoms with Gasteiger partial charge >= 0.3 is 0 Å². The van der Waals surface area contributed by atoms with Crippen LogP contribution in [0.5, 0.6) is 0 Å². The second-order valence-electron chi connectivity index (χ2n) is 9.59. The van der Waals surface area contributed by atoms with Crippen LogP contribution in [0.15, 0.2) is 42.5 Å². The largest absolute Gasteiger partial charge is 0.348 e. The number of nitrogens with two attached hydrogens (primary N) is 1. The van der Waals surface area contributed by atoms with Crippen molar-refractivity contribution in [2.75, 3.05) is 26.2 Å². The van der Waals surface area contributed by atoms with Gasteiger partial charge in [-0.2, -0.15) is 0 Å². The Morgan fingerprint density at radius 2 is 1.68 bits per heavy atom. The molecule has 1 aliphatic heterocycles. The van der Waals surface area contributed by atoms with Crippen LogP contribution in [0, 0.1) is 11.8 Å². The molecule has 0 spiro atoms. The summed E-state index contributed by atoms with van der Waals surface area (Å²) in [6.45, 7) is 8.04. The van der Waals surface area contributed by atoms with E-state index in [2.05, 4.69) is 30.1 Å². The Bertz CT molecular complexity index is 896. The number of hydrogen-bond donors (Lipinski definition) is 2. The molecule has 0 radical (unpaired) electrons. The number of aryl methyl sites for hydroxylation is 1. The molecular formula is C27H38Cl3N3O. The van der Waals surface area contributed by atoms with Crippen molar-refractivity contribution in [2.24, 2.45) is 17.6 Å². The summed E-state index contributed by atoms with van der Waals surface area (Å²) in [6.07, 6.45) is 5.44. The molecule has 1 atom stereocenters. The molecule has 0 bridgehead atoms. The summed E-state index contributed by atoms with van der Waals surface area (Å²) in [5.74, 6) is 1.11. The van der Waals surface area contributed by atoms with E-state index < -0.39 is 0 Å². The van der Waals surface area contributed by atoms with E-state index in [1.165, 1.54) is 24.8 Å². The molecule has 1 heterocycles. The number of piperidine rings is 1. The fraction of sp³-hybridized carbons (Fsp3) is 0.519. The maximum atomic E-state index is 12.8. The number of likely N-dealkylation sites (tertiary alicyclic amines) is 1. The molecule has 4 nitrogen and oxygen atoms in total. The summed E-state index contributed by atoms with van der Waals surface area (Å²) < 4.78 is 0. The first kappa shape index (κ1) is 28.9. The van der Waals surface area contributed by atoms with E-state index in [1.807, 2.05) is 36.4 Å². The molecule has 1 amide bonds. The highest BCUT2D eigenvalue weighted by Gasteiger charge is 2.24. The van der Waals surface area contributed by atoms with Gasteiger partial charge in [-0.15, -0.1) is 12.4 Å². The minimum atomic E-state index is 0. The summed E-state index contributed by atoms with van der Waals surface area (Å²) in [5.41, 5.74) is 8.74. The fourth-order valence-corrected chi connectivity index (χ4v) is 4.79. The molecule has 188 valence electrons. The molecule has 2 aromatic carbocycles. The predicted molar refractivity (Wildman–Crippen MR) is 146 cm³/mol. The standard InChI is InChI=1S/C27H37Cl2N3O.ClH/c1-19(2)26(31-27(33)23-8-5-20(6-9-23)11-14-30)18-32-15-12-21(13-16-32)3-4-22-7-10-24(28)25(29)17-22;/h5-10,17,19,21,26H,3-4,11-16,18,30H2,1-2H3,(H,31,33);1H/t26-;/m1./s1. The number of benzene rings is 2. The molecule has 1 saturated heterocycles. The molecule has 1 fully saturated rings.